The Morgan fingerprint density at radius 1 is 1.00 bits per heavy atom. The van der Waals surface area contributed by atoms with Gasteiger partial charge in [0.1, 0.15) is 12.1 Å². The lowest BCUT2D eigenvalue weighted by atomic mass is 9.90. The van der Waals surface area contributed by atoms with Gasteiger partial charge in [0.25, 0.3) is 0 Å². The number of piperidine rings is 1. The number of hydrogen-bond donors (Lipinski definition) is 3. The Morgan fingerprint density at radius 2 is 1.70 bits per heavy atom. The molecule has 0 aliphatic carbocycles. The first-order chi connectivity index (χ1) is 13.1. The van der Waals surface area contributed by atoms with Gasteiger partial charge in [-0.05, 0) is 36.8 Å². The van der Waals surface area contributed by atoms with E-state index < -0.39 is 5.63 Å². The zero-order chi connectivity index (χ0) is 18.8. The molecule has 0 radical (unpaired) electrons. The van der Waals surface area contributed by atoms with Crippen LogP contribution in [0.1, 0.15) is 24.0 Å². The van der Waals surface area contributed by atoms with Crippen LogP contribution in [0.15, 0.2) is 57.7 Å². The van der Waals surface area contributed by atoms with Crippen molar-refractivity contribution in [1.82, 2.24) is 0 Å². The van der Waals surface area contributed by atoms with Gasteiger partial charge in [0, 0.05) is 23.1 Å². The number of nitrogens with one attached hydrogen (secondary N) is 1. The first kappa shape index (κ1) is 17.6. The van der Waals surface area contributed by atoms with Gasteiger partial charge in [-0.15, -0.1) is 0 Å². The molecule has 1 fully saturated rings. The lowest BCUT2D eigenvalue weighted by Crippen LogP contribution is -3.11. The standard InChI is InChI=1S/C22H23NO4/c24-19-12-18-17(11-22(26)27-21(18)13-20(19)25)14-23-8-6-16(7-9-23)10-15-4-2-1-3-5-15/h1-5,11-13,16,24-25H,6-10,14H2/p+1. The lowest BCUT2D eigenvalue weighted by molar-refractivity contribution is -0.919. The van der Waals surface area contributed by atoms with Crippen molar-refractivity contribution >= 4 is 11.0 Å². The van der Waals surface area contributed by atoms with Crippen LogP contribution in [0.5, 0.6) is 11.5 Å². The normalized spacial score (nSPS) is 20.0. The highest BCUT2D eigenvalue weighted by atomic mass is 16.4. The number of aromatic hydroxyl groups is 2. The maximum atomic E-state index is 11.9. The maximum Gasteiger partial charge on any atom is 0.336 e. The molecule has 0 atom stereocenters. The van der Waals surface area contributed by atoms with Gasteiger partial charge in [0.05, 0.1) is 13.1 Å². The van der Waals surface area contributed by atoms with Crippen LogP contribution in [0, 0.1) is 5.92 Å². The van der Waals surface area contributed by atoms with E-state index in [1.165, 1.54) is 28.7 Å². The summed E-state index contributed by atoms with van der Waals surface area (Å²) in [5.41, 5.74) is 2.13. The molecule has 1 aromatic heterocycles. The van der Waals surface area contributed by atoms with Crippen molar-refractivity contribution < 1.29 is 19.5 Å². The fourth-order valence-electron chi connectivity index (χ4n) is 4.08. The molecule has 0 spiro atoms. The molecule has 0 amide bonds. The summed E-state index contributed by atoms with van der Waals surface area (Å²) in [7, 11) is 0. The summed E-state index contributed by atoms with van der Waals surface area (Å²) in [6.45, 7) is 2.83. The molecule has 0 saturated carbocycles. The SMILES string of the molecule is O=c1cc(C[NH+]2CCC(Cc3ccccc3)CC2)c2cc(O)c(O)cc2o1. The molecule has 2 heterocycles. The summed E-state index contributed by atoms with van der Waals surface area (Å²) in [5.74, 6) is 0.223. The number of hydrogen-bond acceptors (Lipinski definition) is 4. The van der Waals surface area contributed by atoms with Crippen LogP contribution in [0.3, 0.4) is 0 Å². The molecule has 0 unspecified atom stereocenters. The van der Waals surface area contributed by atoms with E-state index in [9.17, 15) is 15.0 Å². The van der Waals surface area contributed by atoms with Crippen molar-refractivity contribution in [2.24, 2.45) is 5.92 Å². The van der Waals surface area contributed by atoms with Crippen molar-refractivity contribution in [3.63, 3.8) is 0 Å². The third kappa shape index (κ3) is 3.98. The monoisotopic (exact) mass is 366 g/mol. The number of phenolic OH excluding ortho intramolecular Hbond substituents is 2. The van der Waals surface area contributed by atoms with Gasteiger partial charge in [0.15, 0.2) is 11.5 Å². The summed E-state index contributed by atoms with van der Waals surface area (Å²) in [5, 5.41) is 20.2. The van der Waals surface area contributed by atoms with Gasteiger partial charge in [-0.25, -0.2) is 4.79 Å². The Hall–Kier alpha value is -2.79. The number of benzene rings is 2. The topological polar surface area (TPSA) is 75.1 Å². The number of quaternary nitrogens is 1. The highest BCUT2D eigenvalue weighted by Gasteiger charge is 2.23. The van der Waals surface area contributed by atoms with Crippen LogP contribution in [0.2, 0.25) is 0 Å². The number of fused-ring (bicyclic) bond motifs is 1. The first-order valence-electron chi connectivity index (χ1n) is 9.44. The summed E-state index contributed by atoms with van der Waals surface area (Å²) >= 11 is 0. The van der Waals surface area contributed by atoms with Crippen molar-refractivity contribution in [1.29, 1.82) is 0 Å². The first-order valence-corrected chi connectivity index (χ1v) is 9.44. The second-order valence-corrected chi connectivity index (χ2v) is 7.49. The molecule has 5 nitrogen and oxygen atoms in total. The number of likely N-dealkylation sites (tertiary alicyclic amines) is 1. The average molecular weight is 366 g/mol. The molecule has 5 heteroatoms. The van der Waals surface area contributed by atoms with Gasteiger partial charge < -0.3 is 19.5 Å². The van der Waals surface area contributed by atoms with E-state index in [1.807, 2.05) is 0 Å². The zero-order valence-electron chi connectivity index (χ0n) is 15.1. The van der Waals surface area contributed by atoms with Crippen molar-refractivity contribution in [2.45, 2.75) is 25.8 Å². The third-order valence-corrected chi connectivity index (χ3v) is 5.55. The van der Waals surface area contributed by atoms with E-state index in [-0.39, 0.29) is 11.5 Å². The van der Waals surface area contributed by atoms with Gasteiger partial charge in [-0.3, -0.25) is 0 Å². The maximum absolute atomic E-state index is 11.9. The molecule has 1 aliphatic rings. The summed E-state index contributed by atoms with van der Waals surface area (Å²) in [6.07, 6.45) is 3.45. The molecule has 3 N–H and O–H groups in total. The molecule has 0 bridgehead atoms. The molecule has 4 rings (SSSR count). The van der Waals surface area contributed by atoms with Crippen molar-refractivity contribution in [3.05, 3.63) is 70.1 Å². The predicted octanol–water partition coefficient (Wildman–Crippen LogP) is 2.24. The Labute approximate surface area is 157 Å². The van der Waals surface area contributed by atoms with Crippen molar-refractivity contribution in [2.75, 3.05) is 13.1 Å². The molecular weight excluding hydrogens is 342 g/mol. The minimum absolute atomic E-state index is 0.200. The smallest absolute Gasteiger partial charge is 0.336 e. The summed E-state index contributed by atoms with van der Waals surface area (Å²) in [6, 6.07) is 14.9. The molecule has 2 aromatic carbocycles. The quantitative estimate of drug-likeness (QED) is 0.489. The van der Waals surface area contributed by atoms with Crippen LogP contribution in [-0.2, 0) is 13.0 Å². The largest absolute Gasteiger partial charge is 0.504 e. The van der Waals surface area contributed by atoms with E-state index in [1.54, 1.807) is 0 Å². The average Bonchev–Trinajstić information content (AvgIpc) is 2.66. The Bertz CT molecular complexity index is 988. The lowest BCUT2D eigenvalue weighted by Gasteiger charge is -2.29. The zero-order valence-corrected chi connectivity index (χ0v) is 15.1. The molecule has 140 valence electrons. The van der Waals surface area contributed by atoms with Gasteiger partial charge in [0.2, 0.25) is 0 Å². The fraction of sp³-hybridized carbons (Fsp3) is 0.318. The van der Waals surface area contributed by atoms with Crippen LogP contribution >= 0.6 is 0 Å². The van der Waals surface area contributed by atoms with Crippen LogP contribution < -0.4 is 10.5 Å². The molecule has 3 aromatic rings. The summed E-state index contributed by atoms with van der Waals surface area (Å²) < 4.78 is 5.17. The van der Waals surface area contributed by atoms with Crippen LogP contribution in [-0.4, -0.2) is 23.3 Å². The van der Waals surface area contributed by atoms with E-state index in [0.29, 0.717) is 23.4 Å². The predicted molar refractivity (Wildman–Crippen MR) is 103 cm³/mol. The minimum Gasteiger partial charge on any atom is -0.504 e. The highest BCUT2D eigenvalue weighted by molar-refractivity contribution is 5.83. The van der Waals surface area contributed by atoms with Gasteiger partial charge in [-0.1, -0.05) is 30.3 Å². The van der Waals surface area contributed by atoms with E-state index >= 15 is 0 Å². The van der Waals surface area contributed by atoms with Crippen LogP contribution in [0.4, 0.5) is 0 Å². The fourth-order valence-corrected chi connectivity index (χ4v) is 4.08. The Balaban J connectivity index is 1.46. The van der Waals surface area contributed by atoms with Crippen molar-refractivity contribution in [3.8, 4) is 11.5 Å². The molecular formula is C22H24NO4+. The van der Waals surface area contributed by atoms with E-state index in [2.05, 4.69) is 30.3 Å². The Kier molecular flexibility index (Phi) is 4.86. The number of rotatable bonds is 4. The second kappa shape index (κ2) is 7.45. The highest BCUT2D eigenvalue weighted by Crippen LogP contribution is 2.31. The molecule has 27 heavy (non-hydrogen) atoms. The van der Waals surface area contributed by atoms with Crippen LogP contribution in [0.25, 0.3) is 11.0 Å². The number of phenols is 2. The van der Waals surface area contributed by atoms with E-state index in [0.717, 1.165) is 37.9 Å². The van der Waals surface area contributed by atoms with Gasteiger partial charge in [-0.2, -0.15) is 0 Å². The molecule has 1 saturated heterocycles. The van der Waals surface area contributed by atoms with E-state index in [4.69, 9.17) is 4.42 Å². The second-order valence-electron chi connectivity index (χ2n) is 7.49. The summed E-state index contributed by atoms with van der Waals surface area (Å²) in [4.78, 5) is 13.3. The molecule has 1 aliphatic heterocycles. The van der Waals surface area contributed by atoms with Gasteiger partial charge >= 0.3 is 5.63 Å². The Morgan fingerprint density at radius 3 is 2.44 bits per heavy atom. The minimum atomic E-state index is -0.430. The third-order valence-electron chi connectivity index (χ3n) is 5.55.